The topological polar surface area (TPSA) is 52.9 Å². The van der Waals surface area contributed by atoms with Gasteiger partial charge in [-0.05, 0) is 17.7 Å². The van der Waals surface area contributed by atoms with E-state index in [1.807, 2.05) is 6.07 Å². The Morgan fingerprint density at radius 3 is 2.33 bits per heavy atom. The SMILES string of the molecule is N#Cc1ccc(CNC(=O)C(F)(F)C(F)F)cc1. The van der Waals surface area contributed by atoms with Crippen molar-refractivity contribution in [2.45, 2.75) is 18.9 Å². The zero-order chi connectivity index (χ0) is 13.8. The largest absolute Gasteiger partial charge is 0.383 e. The maximum absolute atomic E-state index is 12.6. The molecule has 1 amide bonds. The fourth-order valence-corrected chi connectivity index (χ4v) is 1.10. The van der Waals surface area contributed by atoms with Gasteiger partial charge < -0.3 is 5.32 Å². The number of benzene rings is 1. The van der Waals surface area contributed by atoms with E-state index in [0.29, 0.717) is 11.1 Å². The van der Waals surface area contributed by atoms with Crippen molar-refractivity contribution in [2.24, 2.45) is 0 Å². The van der Waals surface area contributed by atoms with Crippen LogP contribution in [0.15, 0.2) is 24.3 Å². The maximum Gasteiger partial charge on any atom is 0.383 e. The zero-order valence-corrected chi connectivity index (χ0v) is 8.96. The van der Waals surface area contributed by atoms with Crippen molar-refractivity contribution >= 4 is 5.91 Å². The molecule has 7 heteroatoms. The Kier molecular flexibility index (Phi) is 4.26. The highest BCUT2D eigenvalue weighted by Gasteiger charge is 2.48. The highest BCUT2D eigenvalue weighted by atomic mass is 19.3. The van der Waals surface area contributed by atoms with E-state index in [-0.39, 0.29) is 6.54 Å². The number of carbonyl (C=O) groups is 1. The van der Waals surface area contributed by atoms with Gasteiger partial charge >= 0.3 is 12.3 Å². The van der Waals surface area contributed by atoms with Gasteiger partial charge in [0.25, 0.3) is 5.91 Å². The number of hydrogen-bond donors (Lipinski definition) is 1. The number of amides is 1. The van der Waals surface area contributed by atoms with Gasteiger partial charge in [-0.1, -0.05) is 12.1 Å². The molecular weight excluding hydrogens is 252 g/mol. The van der Waals surface area contributed by atoms with Crippen LogP contribution in [0, 0.1) is 11.3 Å². The van der Waals surface area contributed by atoms with Crippen molar-refractivity contribution in [2.75, 3.05) is 0 Å². The van der Waals surface area contributed by atoms with Gasteiger partial charge in [0, 0.05) is 6.54 Å². The molecule has 1 rings (SSSR count). The van der Waals surface area contributed by atoms with Crippen LogP contribution >= 0.6 is 0 Å². The Labute approximate surface area is 100 Å². The number of nitrogens with zero attached hydrogens (tertiary/aromatic N) is 1. The first kappa shape index (κ1) is 14.0. The molecule has 0 aromatic heterocycles. The van der Waals surface area contributed by atoms with E-state index in [9.17, 15) is 22.4 Å². The molecule has 0 radical (unpaired) electrons. The summed E-state index contributed by atoms with van der Waals surface area (Å²) in [5.74, 6) is -6.73. The van der Waals surface area contributed by atoms with Gasteiger partial charge in [-0.2, -0.15) is 14.0 Å². The molecule has 18 heavy (non-hydrogen) atoms. The summed E-state index contributed by atoms with van der Waals surface area (Å²) >= 11 is 0. The molecule has 3 nitrogen and oxygen atoms in total. The van der Waals surface area contributed by atoms with Crippen LogP contribution in [0.4, 0.5) is 17.6 Å². The summed E-state index contributed by atoms with van der Waals surface area (Å²) in [6, 6.07) is 7.56. The van der Waals surface area contributed by atoms with Crippen LogP contribution in [0.3, 0.4) is 0 Å². The molecule has 0 bridgehead atoms. The number of hydrogen-bond acceptors (Lipinski definition) is 2. The van der Waals surface area contributed by atoms with Crippen LogP contribution in [0.1, 0.15) is 11.1 Å². The highest BCUT2D eigenvalue weighted by molar-refractivity contribution is 5.83. The molecule has 1 aromatic carbocycles. The quantitative estimate of drug-likeness (QED) is 0.842. The third-order valence-corrected chi connectivity index (χ3v) is 2.11. The van der Waals surface area contributed by atoms with E-state index >= 15 is 0 Å². The number of carbonyl (C=O) groups excluding carboxylic acids is 1. The second-order valence-corrected chi connectivity index (χ2v) is 3.42. The van der Waals surface area contributed by atoms with Crippen molar-refractivity contribution in [3.63, 3.8) is 0 Å². The molecule has 0 heterocycles. The molecule has 0 fully saturated rings. The summed E-state index contributed by atoms with van der Waals surface area (Å²) in [6.45, 7) is -0.313. The predicted molar refractivity (Wildman–Crippen MR) is 54.0 cm³/mol. The van der Waals surface area contributed by atoms with Gasteiger partial charge in [0.05, 0.1) is 11.6 Å². The fourth-order valence-electron chi connectivity index (χ4n) is 1.10. The number of alkyl halides is 4. The van der Waals surface area contributed by atoms with Gasteiger partial charge in [0.2, 0.25) is 0 Å². The number of rotatable bonds is 4. The first-order valence-electron chi connectivity index (χ1n) is 4.81. The first-order chi connectivity index (χ1) is 8.37. The lowest BCUT2D eigenvalue weighted by molar-refractivity contribution is -0.169. The molecule has 0 atom stereocenters. The molecule has 0 aliphatic carbocycles. The number of halogens is 4. The number of nitrogens with one attached hydrogen (secondary N) is 1. The Hall–Kier alpha value is -2.10. The Bertz CT molecular complexity index is 465. The molecule has 96 valence electrons. The van der Waals surface area contributed by atoms with E-state index in [1.165, 1.54) is 24.3 Å². The van der Waals surface area contributed by atoms with E-state index in [1.54, 1.807) is 5.32 Å². The molecule has 0 aliphatic rings. The molecule has 1 N–H and O–H groups in total. The van der Waals surface area contributed by atoms with Crippen LogP contribution in [-0.4, -0.2) is 18.3 Å². The molecule has 0 aliphatic heterocycles. The fraction of sp³-hybridized carbons (Fsp3) is 0.273. The van der Waals surface area contributed by atoms with E-state index < -0.39 is 18.3 Å². The van der Waals surface area contributed by atoms with Crippen molar-refractivity contribution in [3.8, 4) is 6.07 Å². The Morgan fingerprint density at radius 1 is 1.33 bits per heavy atom. The van der Waals surface area contributed by atoms with Crippen LogP contribution in [-0.2, 0) is 11.3 Å². The van der Waals surface area contributed by atoms with E-state index in [0.717, 1.165) is 0 Å². The van der Waals surface area contributed by atoms with Crippen molar-refractivity contribution in [1.82, 2.24) is 5.32 Å². The Balaban J connectivity index is 2.60. The van der Waals surface area contributed by atoms with Crippen LogP contribution in [0.5, 0.6) is 0 Å². The van der Waals surface area contributed by atoms with Gasteiger partial charge in [0.15, 0.2) is 0 Å². The minimum atomic E-state index is -4.70. The average Bonchev–Trinajstić information content (AvgIpc) is 2.36. The average molecular weight is 260 g/mol. The standard InChI is InChI=1S/C11H8F4N2O/c12-9(13)11(14,15)10(18)17-6-8-3-1-7(5-16)2-4-8/h1-4,9H,6H2,(H,17,18). The molecular formula is C11H8F4N2O. The number of nitriles is 1. The molecule has 0 saturated carbocycles. The molecule has 0 unspecified atom stereocenters. The Morgan fingerprint density at radius 2 is 1.89 bits per heavy atom. The lowest BCUT2D eigenvalue weighted by Crippen LogP contribution is -2.44. The summed E-state index contributed by atoms with van der Waals surface area (Å²) in [5.41, 5.74) is 0.787. The summed E-state index contributed by atoms with van der Waals surface area (Å²) in [4.78, 5) is 10.8. The monoisotopic (exact) mass is 260 g/mol. The summed E-state index contributed by atoms with van der Waals surface area (Å²) in [5, 5.41) is 10.2. The summed E-state index contributed by atoms with van der Waals surface area (Å²) in [7, 11) is 0. The molecule has 0 saturated heterocycles. The highest BCUT2D eigenvalue weighted by Crippen LogP contribution is 2.22. The van der Waals surface area contributed by atoms with Crippen molar-refractivity contribution < 1.29 is 22.4 Å². The maximum atomic E-state index is 12.6. The third-order valence-electron chi connectivity index (χ3n) is 2.11. The second-order valence-electron chi connectivity index (χ2n) is 3.42. The van der Waals surface area contributed by atoms with Crippen LogP contribution in [0.25, 0.3) is 0 Å². The molecule has 1 aromatic rings. The van der Waals surface area contributed by atoms with E-state index in [4.69, 9.17) is 5.26 Å². The van der Waals surface area contributed by atoms with Gasteiger partial charge in [-0.25, -0.2) is 8.78 Å². The minimum Gasteiger partial charge on any atom is -0.347 e. The van der Waals surface area contributed by atoms with Crippen LogP contribution in [0.2, 0.25) is 0 Å². The second kappa shape index (κ2) is 5.49. The lowest BCUT2D eigenvalue weighted by atomic mass is 10.1. The first-order valence-corrected chi connectivity index (χ1v) is 4.81. The van der Waals surface area contributed by atoms with Crippen molar-refractivity contribution in [3.05, 3.63) is 35.4 Å². The molecule has 0 spiro atoms. The normalized spacial score (nSPS) is 11.1. The smallest absolute Gasteiger partial charge is 0.347 e. The third kappa shape index (κ3) is 3.20. The zero-order valence-electron chi connectivity index (χ0n) is 8.96. The van der Waals surface area contributed by atoms with Crippen molar-refractivity contribution in [1.29, 1.82) is 5.26 Å². The summed E-state index contributed by atoms with van der Waals surface area (Å²) < 4.78 is 48.8. The van der Waals surface area contributed by atoms with E-state index in [2.05, 4.69) is 0 Å². The van der Waals surface area contributed by atoms with Gasteiger partial charge in [-0.15, -0.1) is 0 Å². The minimum absolute atomic E-state index is 0.313. The van der Waals surface area contributed by atoms with Gasteiger partial charge in [0.1, 0.15) is 0 Å². The predicted octanol–water partition coefficient (Wildman–Crippen LogP) is 2.07. The van der Waals surface area contributed by atoms with Crippen LogP contribution < -0.4 is 5.32 Å². The summed E-state index contributed by atoms with van der Waals surface area (Å²) in [6.07, 6.45) is -4.04. The van der Waals surface area contributed by atoms with Gasteiger partial charge in [-0.3, -0.25) is 4.79 Å². The lowest BCUT2D eigenvalue weighted by Gasteiger charge is -2.14.